The second-order valence-electron chi connectivity index (χ2n) is 5.80. The van der Waals surface area contributed by atoms with Crippen molar-refractivity contribution in [1.82, 2.24) is 0 Å². The molecule has 2 heterocycles. The number of fused-ring (bicyclic) bond motifs is 2. The summed E-state index contributed by atoms with van der Waals surface area (Å²) in [4.78, 5) is 0. The van der Waals surface area contributed by atoms with Crippen LogP contribution in [0.15, 0.2) is 0 Å². The van der Waals surface area contributed by atoms with E-state index in [-0.39, 0.29) is 0 Å². The minimum atomic E-state index is 0.572. The highest BCUT2D eigenvalue weighted by Gasteiger charge is 2.58. The van der Waals surface area contributed by atoms with E-state index in [0.29, 0.717) is 17.0 Å². The van der Waals surface area contributed by atoms with Crippen molar-refractivity contribution in [2.45, 2.75) is 69.3 Å². The van der Waals surface area contributed by atoms with E-state index in [9.17, 15) is 0 Å². The number of hydrogen-bond donors (Lipinski definition) is 0. The molecule has 0 aromatic rings. The zero-order valence-corrected chi connectivity index (χ0v) is 11.4. The summed E-state index contributed by atoms with van der Waals surface area (Å²) in [6.45, 7) is 4.61. The van der Waals surface area contributed by atoms with Crippen LogP contribution in [0.3, 0.4) is 0 Å². The summed E-state index contributed by atoms with van der Waals surface area (Å²) >= 11 is 2.30. The zero-order valence-electron chi connectivity index (χ0n) is 10.6. The van der Waals surface area contributed by atoms with Crippen LogP contribution in [0.5, 0.6) is 0 Å². The van der Waals surface area contributed by atoms with Gasteiger partial charge in [0.1, 0.15) is 0 Å². The van der Waals surface area contributed by atoms with E-state index in [2.05, 4.69) is 25.6 Å². The highest BCUT2D eigenvalue weighted by molar-refractivity contribution is 8.01. The maximum absolute atomic E-state index is 6.30. The van der Waals surface area contributed by atoms with Crippen molar-refractivity contribution in [2.75, 3.05) is 5.75 Å². The summed E-state index contributed by atoms with van der Waals surface area (Å²) in [5.41, 5.74) is 0. The lowest BCUT2D eigenvalue weighted by atomic mass is 9.76. The Kier molecular flexibility index (Phi) is 3.00. The van der Waals surface area contributed by atoms with Gasteiger partial charge in [0, 0.05) is 16.6 Å². The third-order valence-electron chi connectivity index (χ3n) is 5.11. The molecule has 3 fully saturated rings. The van der Waals surface area contributed by atoms with E-state index in [1.165, 1.54) is 44.3 Å². The molecule has 4 unspecified atom stereocenters. The van der Waals surface area contributed by atoms with E-state index in [1.807, 2.05) is 0 Å². The van der Waals surface area contributed by atoms with Crippen molar-refractivity contribution >= 4 is 11.8 Å². The van der Waals surface area contributed by atoms with Gasteiger partial charge < -0.3 is 4.74 Å². The molecule has 1 saturated carbocycles. The van der Waals surface area contributed by atoms with Crippen molar-refractivity contribution in [3.05, 3.63) is 0 Å². The molecule has 1 spiro atoms. The van der Waals surface area contributed by atoms with E-state index in [4.69, 9.17) is 4.74 Å². The minimum Gasteiger partial charge on any atom is -0.374 e. The summed E-state index contributed by atoms with van der Waals surface area (Å²) in [6, 6.07) is 0. The van der Waals surface area contributed by atoms with Crippen LogP contribution in [0.4, 0.5) is 0 Å². The molecule has 2 aliphatic heterocycles. The Morgan fingerprint density at radius 1 is 1.12 bits per heavy atom. The average molecular weight is 240 g/mol. The topological polar surface area (TPSA) is 9.23 Å². The third kappa shape index (κ3) is 1.49. The maximum Gasteiger partial charge on any atom is 0.0621 e. The molecule has 3 rings (SSSR count). The van der Waals surface area contributed by atoms with Crippen LogP contribution >= 0.6 is 11.8 Å². The fourth-order valence-corrected chi connectivity index (χ4v) is 6.46. The summed E-state index contributed by atoms with van der Waals surface area (Å²) in [5.74, 6) is 3.13. The van der Waals surface area contributed by atoms with Crippen LogP contribution in [0.1, 0.15) is 52.4 Å². The first-order valence-electron chi connectivity index (χ1n) is 7.10. The first-order chi connectivity index (χ1) is 7.80. The van der Waals surface area contributed by atoms with Crippen LogP contribution in [-0.2, 0) is 4.74 Å². The number of thioether (sulfide) groups is 1. The Morgan fingerprint density at radius 3 is 2.44 bits per heavy atom. The smallest absolute Gasteiger partial charge is 0.0621 e. The molecule has 0 amide bonds. The largest absolute Gasteiger partial charge is 0.374 e. The quantitative estimate of drug-likeness (QED) is 0.724. The van der Waals surface area contributed by atoms with Gasteiger partial charge in [-0.2, -0.15) is 11.8 Å². The van der Waals surface area contributed by atoms with Crippen LogP contribution < -0.4 is 0 Å². The van der Waals surface area contributed by atoms with Crippen LogP contribution in [0.25, 0.3) is 0 Å². The Morgan fingerprint density at radius 2 is 1.81 bits per heavy atom. The Hall–Kier alpha value is 0.310. The Bertz CT molecular complexity index is 259. The van der Waals surface area contributed by atoms with Gasteiger partial charge in [0.05, 0.1) is 12.2 Å². The molecule has 0 bridgehead atoms. The van der Waals surface area contributed by atoms with Gasteiger partial charge in [0.25, 0.3) is 0 Å². The Balaban J connectivity index is 1.86. The third-order valence-corrected chi connectivity index (χ3v) is 6.92. The lowest BCUT2D eigenvalue weighted by Gasteiger charge is -2.32. The van der Waals surface area contributed by atoms with E-state index in [0.717, 1.165) is 11.8 Å². The van der Waals surface area contributed by atoms with E-state index < -0.39 is 0 Å². The predicted octanol–water partition coefficient (Wildman–Crippen LogP) is 3.87. The summed E-state index contributed by atoms with van der Waals surface area (Å²) < 4.78 is 6.93. The fraction of sp³-hybridized carbons (Fsp3) is 1.00. The van der Waals surface area contributed by atoms with Crippen LogP contribution in [0.2, 0.25) is 0 Å². The highest BCUT2D eigenvalue weighted by Crippen LogP contribution is 2.61. The summed E-state index contributed by atoms with van der Waals surface area (Å²) in [6.07, 6.45) is 9.44. The van der Waals surface area contributed by atoms with E-state index >= 15 is 0 Å². The average Bonchev–Trinajstić information content (AvgIpc) is 2.99. The molecule has 0 aromatic heterocycles. The van der Waals surface area contributed by atoms with Gasteiger partial charge in [0.15, 0.2) is 0 Å². The first kappa shape index (κ1) is 11.4. The van der Waals surface area contributed by atoms with Crippen LogP contribution in [0, 0.1) is 11.8 Å². The van der Waals surface area contributed by atoms with Gasteiger partial charge in [-0.25, -0.2) is 0 Å². The SMILES string of the molecule is CCC1OC(CC)C2C1CSC21CCCC1. The molecule has 3 aliphatic rings. The molecule has 2 heteroatoms. The van der Waals surface area contributed by atoms with Gasteiger partial charge in [-0.3, -0.25) is 0 Å². The van der Waals surface area contributed by atoms with E-state index in [1.54, 1.807) is 0 Å². The first-order valence-corrected chi connectivity index (χ1v) is 8.08. The van der Waals surface area contributed by atoms with Gasteiger partial charge in [-0.1, -0.05) is 26.7 Å². The fourth-order valence-electron chi connectivity index (χ4n) is 4.42. The summed E-state index contributed by atoms with van der Waals surface area (Å²) in [5, 5.41) is 0. The second kappa shape index (κ2) is 4.20. The molecule has 1 nitrogen and oxygen atoms in total. The van der Waals surface area contributed by atoms with Gasteiger partial charge in [0.2, 0.25) is 0 Å². The molecule has 4 atom stereocenters. The van der Waals surface area contributed by atoms with Gasteiger partial charge in [-0.15, -0.1) is 0 Å². The van der Waals surface area contributed by atoms with Gasteiger partial charge in [-0.05, 0) is 31.4 Å². The lowest BCUT2D eigenvalue weighted by Crippen LogP contribution is -2.35. The number of rotatable bonds is 2. The molecular weight excluding hydrogens is 216 g/mol. The molecule has 16 heavy (non-hydrogen) atoms. The lowest BCUT2D eigenvalue weighted by molar-refractivity contribution is 0.0220. The monoisotopic (exact) mass is 240 g/mol. The second-order valence-corrected chi connectivity index (χ2v) is 7.24. The molecular formula is C14H24OS. The Labute approximate surface area is 104 Å². The highest BCUT2D eigenvalue weighted by atomic mass is 32.2. The van der Waals surface area contributed by atoms with Crippen molar-refractivity contribution in [3.8, 4) is 0 Å². The van der Waals surface area contributed by atoms with Crippen molar-refractivity contribution in [1.29, 1.82) is 0 Å². The standard InChI is InChI=1S/C14H24OS/c1-3-11-10-9-16-14(7-5-6-8-14)13(10)12(4-2)15-11/h10-13H,3-9H2,1-2H3. The molecule has 1 aliphatic carbocycles. The number of hydrogen-bond acceptors (Lipinski definition) is 2. The van der Waals surface area contributed by atoms with Crippen LogP contribution in [-0.4, -0.2) is 22.7 Å². The molecule has 2 saturated heterocycles. The van der Waals surface area contributed by atoms with Crippen molar-refractivity contribution in [2.24, 2.45) is 11.8 Å². The maximum atomic E-state index is 6.30. The molecule has 92 valence electrons. The van der Waals surface area contributed by atoms with Crippen molar-refractivity contribution in [3.63, 3.8) is 0 Å². The minimum absolute atomic E-state index is 0.572. The molecule has 0 radical (unpaired) electrons. The normalized spacial score (nSPS) is 45.4. The van der Waals surface area contributed by atoms with Gasteiger partial charge >= 0.3 is 0 Å². The number of ether oxygens (including phenoxy) is 1. The molecule has 0 N–H and O–H groups in total. The van der Waals surface area contributed by atoms with Crippen molar-refractivity contribution < 1.29 is 4.74 Å². The zero-order chi connectivity index (χ0) is 11.2. The summed E-state index contributed by atoms with van der Waals surface area (Å²) in [7, 11) is 0. The predicted molar refractivity (Wildman–Crippen MR) is 69.9 cm³/mol. The molecule has 0 aromatic carbocycles.